The first-order chi connectivity index (χ1) is 12.6. The number of aromatic nitrogens is 1. The first-order valence-corrected chi connectivity index (χ1v) is 8.67. The molecule has 1 unspecified atom stereocenters. The molecule has 1 saturated heterocycles. The van der Waals surface area contributed by atoms with Crippen molar-refractivity contribution in [3.8, 4) is 11.8 Å². The van der Waals surface area contributed by atoms with Gasteiger partial charge in [0.05, 0.1) is 18.7 Å². The fraction of sp³-hybridized carbons (Fsp3) is 0.350. The summed E-state index contributed by atoms with van der Waals surface area (Å²) in [6, 6.07) is 10.9. The van der Waals surface area contributed by atoms with E-state index in [0.29, 0.717) is 18.7 Å². The van der Waals surface area contributed by atoms with Crippen molar-refractivity contribution < 1.29 is 14.1 Å². The molecular formula is C20H21N3O3. The van der Waals surface area contributed by atoms with Crippen LogP contribution in [0.4, 0.5) is 0 Å². The average Bonchev–Trinajstić information content (AvgIpc) is 3.28. The van der Waals surface area contributed by atoms with Gasteiger partial charge in [0.25, 0.3) is 0 Å². The highest BCUT2D eigenvalue weighted by molar-refractivity contribution is 5.89. The Kier molecular flexibility index (Phi) is 5.69. The van der Waals surface area contributed by atoms with Gasteiger partial charge < -0.3 is 14.7 Å². The normalized spacial score (nSPS) is 16.0. The number of nitrogens with one attached hydrogen (secondary N) is 1. The summed E-state index contributed by atoms with van der Waals surface area (Å²) in [4.78, 5) is 26.5. The Hall–Kier alpha value is -3.07. The summed E-state index contributed by atoms with van der Waals surface area (Å²) in [6.07, 6.45) is 1.60. The average molecular weight is 351 g/mol. The lowest BCUT2D eigenvalue weighted by molar-refractivity contribution is -0.138. The Morgan fingerprint density at radius 2 is 2.15 bits per heavy atom. The second-order valence-corrected chi connectivity index (χ2v) is 6.24. The van der Waals surface area contributed by atoms with Gasteiger partial charge in [0, 0.05) is 18.2 Å². The molecular weight excluding hydrogens is 330 g/mol. The fourth-order valence-corrected chi connectivity index (χ4v) is 3.00. The maximum absolute atomic E-state index is 12.5. The van der Waals surface area contributed by atoms with Crippen LogP contribution in [-0.2, 0) is 16.0 Å². The number of amides is 2. The number of likely N-dealkylation sites (tertiary alicyclic amines) is 1. The highest BCUT2D eigenvalue weighted by atomic mass is 16.5. The largest absolute Gasteiger partial charge is 0.361 e. The van der Waals surface area contributed by atoms with Crippen LogP contribution < -0.4 is 5.32 Å². The minimum Gasteiger partial charge on any atom is -0.361 e. The second kappa shape index (κ2) is 8.34. The lowest BCUT2D eigenvalue weighted by Gasteiger charge is -2.23. The summed E-state index contributed by atoms with van der Waals surface area (Å²) >= 11 is 0. The van der Waals surface area contributed by atoms with E-state index < -0.39 is 6.04 Å². The fourth-order valence-electron chi connectivity index (χ4n) is 3.00. The molecule has 1 aliphatic rings. The number of carbonyl (C=O) groups excluding carboxylic acids is 2. The highest BCUT2D eigenvalue weighted by Gasteiger charge is 2.34. The SMILES string of the molecule is Cc1cc(CC(=O)N2CCCC2C(=O)NCC#Cc2ccccc2)on1. The van der Waals surface area contributed by atoms with E-state index in [1.54, 1.807) is 17.9 Å². The second-order valence-electron chi connectivity index (χ2n) is 6.24. The molecule has 2 heterocycles. The molecule has 3 rings (SSSR count). The molecule has 1 fully saturated rings. The minimum absolute atomic E-state index is 0.117. The lowest BCUT2D eigenvalue weighted by atomic mass is 10.2. The zero-order valence-corrected chi connectivity index (χ0v) is 14.7. The van der Waals surface area contributed by atoms with Gasteiger partial charge in [-0.3, -0.25) is 9.59 Å². The van der Waals surface area contributed by atoms with E-state index in [1.807, 2.05) is 30.3 Å². The van der Waals surface area contributed by atoms with Crippen molar-refractivity contribution >= 4 is 11.8 Å². The Balaban J connectivity index is 1.53. The summed E-state index contributed by atoms with van der Waals surface area (Å²) in [5.41, 5.74) is 1.64. The molecule has 1 atom stereocenters. The molecule has 134 valence electrons. The predicted molar refractivity (Wildman–Crippen MR) is 96.0 cm³/mol. The van der Waals surface area contributed by atoms with E-state index in [9.17, 15) is 9.59 Å². The summed E-state index contributed by atoms with van der Waals surface area (Å²) in [5.74, 6) is 6.17. The van der Waals surface area contributed by atoms with Gasteiger partial charge in [-0.15, -0.1) is 0 Å². The van der Waals surface area contributed by atoms with E-state index in [4.69, 9.17) is 4.52 Å². The van der Waals surface area contributed by atoms with Crippen LogP contribution in [0.25, 0.3) is 0 Å². The van der Waals surface area contributed by atoms with Gasteiger partial charge in [0.1, 0.15) is 11.8 Å². The number of hydrogen-bond acceptors (Lipinski definition) is 4. The molecule has 1 aromatic carbocycles. The molecule has 0 aliphatic carbocycles. The Morgan fingerprint density at radius 3 is 2.88 bits per heavy atom. The van der Waals surface area contributed by atoms with Crippen molar-refractivity contribution in [3.63, 3.8) is 0 Å². The van der Waals surface area contributed by atoms with Crippen LogP contribution in [0.3, 0.4) is 0 Å². The molecule has 6 heteroatoms. The smallest absolute Gasteiger partial charge is 0.243 e. The van der Waals surface area contributed by atoms with Crippen LogP contribution in [0.5, 0.6) is 0 Å². The molecule has 0 spiro atoms. The van der Waals surface area contributed by atoms with Crippen molar-refractivity contribution in [3.05, 3.63) is 53.4 Å². The van der Waals surface area contributed by atoms with Crippen molar-refractivity contribution in [2.45, 2.75) is 32.2 Å². The van der Waals surface area contributed by atoms with Gasteiger partial charge in [-0.05, 0) is 31.9 Å². The van der Waals surface area contributed by atoms with Crippen LogP contribution in [0, 0.1) is 18.8 Å². The van der Waals surface area contributed by atoms with Crippen molar-refractivity contribution in [2.24, 2.45) is 0 Å². The summed E-state index contributed by atoms with van der Waals surface area (Å²) in [7, 11) is 0. The molecule has 0 saturated carbocycles. The van der Waals surface area contributed by atoms with E-state index in [0.717, 1.165) is 17.7 Å². The van der Waals surface area contributed by atoms with Gasteiger partial charge in [-0.2, -0.15) is 0 Å². The standard InChI is InChI=1S/C20H21N3O3/c1-15-13-17(26-22-15)14-19(24)23-12-6-10-18(23)20(25)21-11-5-9-16-7-3-2-4-8-16/h2-4,7-8,13,18H,6,10-12,14H2,1H3,(H,21,25). The van der Waals surface area contributed by atoms with Gasteiger partial charge >= 0.3 is 0 Å². The zero-order valence-electron chi connectivity index (χ0n) is 14.7. The van der Waals surface area contributed by atoms with Gasteiger partial charge in [-0.25, -0.2) is 0 Å². The van der Waals surface area contributed by atoms with Gasteiger partial charge in [0.2, 0.25) is 11.8 Å². The summed E-state index contributed by atoms with van der Waals surface area (Å²) in [6.45, 7) is 2.65. The number of nitrogens with zero attached hydrogens (tertiary/aromatic N) is 2. The maximum atomic E-state index is 12.5. The van der Waals surface area contributed by atoms with Gasteiger partial charge in [0.15, 0.2) is 0 Å². The molecule has 26 heavy (non-hydrogen) atoms. The number of hydrogen-bond donors (Lipinski definition) is 1. The topological polar surface area (TPSA) is 75.4 Å². The van der Waals surface area contributed by atoms with Crippen LogP contribution in [0.2, 0.25) is 0 Å². The maximum Gasteiger partial charge on any atom is 0.243 e. The minimum atomic E-state index is -0.440. The quantitative estimate of drug-likeness (QED) is 0.851. The number of aryl methyl sites for hydroxylation is 1. The van der Waals surface area contributed by atoms with Crippen molar-refractivity contribution in [1.29, 1.82) is 0 Å². The first-order valence-electron chi connectivity index (χ1n) is 8.67. The molecule has 2 amide bonds. The van der Waals surface area contributed by atoms with E-state index in [1.165, 1.54) is 0 Å². The van der Waals surface area contributed by atoms with Crippen LogP contribution >= 0.6 is 0 Å². The molecule has 0 radical (unpaired) electrons. The summed E-state index contributed by atoms with van der Waals surface area (Å²) in [5, 5.41) is 6.59. The molecule has 2 aromatic rings. The van der Waals surface area contributed by atoms with Crippen LogP contribution in [0.1, 0.15) is 29.9 Å². The summed E-state index contributed by atoms with van der Waals surface area (Å²) < 4.78 is 5.10. The number of benzene rings is 1. The van der Waals surface area contributed by atoms with Crippen LogP contribution in [-0.4, -0.2) is 41.0 Å². The Morgan fingerprint density at radius 1 is 1.35 bits per heavy atom. The van der Waals surface area contributed by atoms with Crippen molar-refractivity contribution in [1.82, 2.24) is 15.4 Å². The van der Waals surface area contributed by atoms with E-state index >= 15 is 0 Å². The Labute approximate surface area is 152 Å². The molecule has 1 aliphatic heterocycles. The van der Waals surface area contributed by atoms with Gasteiger partial charge in [-0.1, -0.05) is 35.2 Å². The molecule has 1 aromatic heterocycles. The monoisotopic (exact) mass is 351 g/mol. The van der Waals surface area contributed by atoms with Crippen LogP contribution in [0.15, 0.2) is 40.9 Å². The number of carbonyl (C=O) groups is 2. The third-order valence-electron chi connectivity index (χ3n) is 4.24. The van der Waals surface area contributed by atoms with E-state index in [-0.39, 0.29) is 24.8 Å². The third kappa shape index (κ3) is 4.51. The first kappa shape index (κ1) is 17.7. The molecule has 6 nitrogen and oxygen atoms in total. The predicted octanol–water partition coefficient (Wildman–Crippen LogP) is 1.68. The lowest BCUT2D eigenvalue weighted by Crippen LogP contribution is -2.46. The molecule has 0 bridgehead atoms. The van der Waals surface area contributed by atoms with E-state index in [2.05, 4.69) is 22.3 Å². The molecule has 1 N–H and O–H groups in total. The highest BCUT2D eigenvalue weighted by Crippen LogP contribution is 2.19. The van der Waals surface area contributed by atoms with Crippen molar-refractivity contribution in [2.75, 3.05) is 13.1 Å². The third-order valence-corrected chi connectivity index (χ3v) is 4.24. The zero-order chi connectivity index (χ0) is 18.4. The Bertz CT molecular complexity index is 833. The number of rotatable bonds is 4.